The van der Waals surface area contributed by atoms with Gasteiger partial charge < -0.3 is 10.6 Å². The highest BCUT2D eigenvalue weighted by Crippen LogP contribution is 2.09. The second-order valence-corrected chi connectivity index (χ2v) is 5.49. The van der Waals surface area contributed by atoms with Crippen molar-refractivity contribution >= 4 is 38.9 Å². The van der Waals surface area contributed by atoms with E-state index >= 15 is 0 Å². The maximum atomic E-state index is 13.0. The minimum absolute atomic E-state index is 0.290. The maximum absolute atomic E-state index is 13.0. The predicted molar refractivity (Wildman–Crippen MR) is 85.2 cm³/mol. The van der Waals surface area contributed by atoms with E-state index in [0.717, 1.165) is 24.0 Å². The third kappa shape index (κ3) is 4.90. The summed E-state index contributed by atoms with van der Waals surface area (Å²) in [5, 5.41) is 10.7. The molecule has 0 unspecified atom stereocenters. The van der Waals surface area contributed by atoms with E-state index < -0.39 is 0 Å². The lowest BCUT2D eigenvalue weighted by Crippen LogP contribution is -2.29. The van der Waals surface area contributed by atoms with Crippen LogP contribution in [-0.4, -0.2) is 21.4 Å². The molecule has 0 aliphatic carbocycles. The number of aryl methyl sites for hydroxylation is 1. The molecule has 0 amide bonds. The van der Waals surface area contributed by atoms with Crippen LogP contribution in [0, 0.1) is 5.82 Å². The van der Waals surface area contributed by atoms with Crippen LogP contribution in [0.3, 0.4) is 0 Å². The van der Waals surface area contributed by atoms with Gasteiger partial charge in [0.2, 0.25) is 0 Å². The molecule has 2 aromatic rings. The van der Waals surface area contributed by atoms with E-state index in [9.17, 15) is 4.39 Å². The molecule has 7 heteroatoms. The van der Waals surface area contributed by atoms with Crippen LogP contribution >= 0.6 is 28.1 Å². The highest BCUT2D eigenvalue weighted by molar-refractivity contribution is 9.10. The van der Waals surface area contributed by atoms with Gasteiger partial charge in [0.1, 0.15) is 5.82 Å². The number of thiocarbonyl (C=S) groups is 1. The lowest BCUT2D eigenvalue weighted by Gasteiger charge is -2.10. The highest BCUT2D eigenvalue weighted by Gasteiger charge is 1.99. The molecule has 0 aliphatic rings. The van der Waals surface area contributed by atoms with Gasteiger partial charge in [0.15, 0.2) is 5.11 Å². The van der Waals surface area contributed by atoms with Crippen LogP contribution in [0.15, 0.2) is 41.1 Å². The molecule has 1 aromatic carbocycles. The van der Waals surface area contributed by atoms with Crippen molar-refractivity contribution in [2.75, 3.05) is 11.9 Å². The van der Waals surface area contributed by atoms with Gasteiger partial charge >= 0.3 is 0 Å². The second kappa shape index (κ2) is 7.35. The number of anilines is 1. The average Bonchev–Trinajstić information content (AvgIpc) is 2.80. The Hall–Kier alpha value is -1.47. The maximum Gasteiger partial charge on any atom is 0.170 e. The fourth-order valence-corrected chi connectivity index (χ4v) is 2.19. The molecule has 4 nitrogen and oxygen atoms in total. The molecular weight excluding hydrogens is 343 g/mol. The summed E-state index contributed by atoms with van der Waals surface area (Å²) in [4.78, 5) is 0. The van der Waals surface area contributed by atoms with Crippen LogP contribution in [-0.2, 0) is 6.54 Å². The van der Waals surface area contributed by atoms with Crippen LogP contribution in [0.5, 0.6) is 0 Å². The van der Waals surface area contributed by atoms with Crippen LogP contribution in [0.1, 0.15) is 6.42 Å². The summed E-state index contributed by atoms with van der Waals surface area (Å²) in [6.07, 6.45) is 4.56. The monoisotopic (exact) mass is 356 g/mol. The van der Waals surface area contributed by atoms with Gasteiger partial charge in [0.25, 0.3) is 0 Å². The molecule has 1 aromatic heterocycles. The minimum Gasteiger partial charge on any atom is -0.362 e. The van der Waals surface area contributed by atoms with Crippen molar-refractivity contribution in [3.63, 3.8) is 0 Å². The van der Waals surface area contributed by atoms with Gasteiger partial charge in [0, 0.05) is 25.0 Å². The first-order chi connectivity index (χ1) is 9.63. The topological polar surface area (TPSA) is 41.9 Å². The summed E-state index contributed by atoms with van der Waals surface area (Å²) in [5.41, 5.74) is 0.638. The fraction of sp³-hybridized carbons (Fsp3) is 0.231. The number of rotatable bonds is 5. The fourth-order valence-electron chi connectivity index (χ4n) is 1.65. The number of nitrogens with zero attached hydrogens (tertiary/aromatic N) is 2. The first-order valence-corrected chi connectivity index (χ1v) is 7.32. The largest absolute Gasteiger partial charge is 0.362 e. The summed E-state index contributed by atoms with van der Waals surface area (Å²) in [7, 11) is 0. The van der Waals surface area contributed by atoms with Gasteiger partial charge in [-0.1, -0.05) is 6.07 Å². The van der Waals surface area contributed by atoms with E-state index in [1.165, 1.54) is 12.1 Å². The molecule has 106 valence electrons. The molecule has 0 radical (unpaired) electrons. The average molecular weight is 357 g/mol. The quantitative estimate of drug-likeness (QED) is 0.637. The van der Waals surface area contributed by atoms with Crippen molar-refractivity contribution in [3.05, 3.63) is 46.9 Å². The molecule has 0 aliphatic heterocycles. The lowest BCUT2D eigenvalue weighted by molar-refractivity contribution is 0.573. The van der Waals surface area contributed by atoms with Crippen molar-refractivity contribution in [1.29, 1.82) is 0 Å². The molecule has 2 N–H and O–H groups in total. The summed E-state index contributed by atoms with van der Waals surface area (Å²) in [5.74, 6) is -0.290. The van der Waals surface area contributed by atoms with Crippen LogP contribution in [0.4, 0.5) is 10.1 Å². The zero-order valence-corrected chi connectivity index (χ0v) is 13.0. The number of nitrogens with one attached hydrogen (secondary N) is 2. The van der Waals surface area contributed by atoms with Crippen LogP contribution in [0.25, 0.3) is 0 Å². The molecule has 0 fully saturated rings. The van der Waals surface area contributed by atoms with E-state index in [4.69, 9.17) is 12.2 Å². The smallest absolute Gasteiger partial charge is 0.170 e. The molecule has 0 atom stereocenters. The van der Waals surface area contributed by atoms with E-state index in [2.05, 4.69) is 31.7 Å². The van der Waals surface area contributed by atoms with Gasteiger partial charge in [-0.25, -0.2) is 4.39 Å². The summed E-state index contributed by atoms with van der Waals surface area (Å²) >= 11 is 8.49. The van der Waals surface area contributed by atoms with Gasteiger partial charge in [-0.15, -0.1) is 0 Å². The van der Waals surface area contributed by atoms with Crippen molar-refractivity contribution in [3.8, 4) is 0 Å². The first-order valence-electron chi connectivity index (χ1n) is 6.12. The van der Waals surface area contributed by atoms with Crippen LogP contribution < -0.4 is 10.6 Å². The Morgan fingerprint density at radius 1 is 1.45 bits per heavy atom. The molecule has 20 heavy (non-hydrogen) atoms. The SMILES string of the molecule is Fc1cccc(NC(=S)NCCCn2cc(Br)cn2)c1. The molecule has 1 heterocycles. The van der Waals surface area contributed by atoms with Gasteiger partial charge in [-0.05, 0) is 52.8 Å². The Morgan fingerprint density at radius 2 is 2.30 bits per heavy atom. The zero-order chi connectivity index (χ0) is 14.4. The van der Waals surface area contributed by atoms with Gasteiger partial charge in [-0.2, -0.15) is 5.10 Å². The van der Waals surface area contributed by atoms with Crippen molar-refractivity contribution in [2.24, 2.45) is 0 Å². The molecule has 0 saturated carbocycles. The number of benzene rings is 1. The standard InChI is InChI=1S/C13H14BrFN4S/c14-10-8-17-19(9-10)6-2-5-16-13(20)18-12-4-1-3-11(15)7-12/h1,3-4,7-9H,2,5-6H2,(H2,16,18,20). The van der Waals surface area contributed by atoms with Gasteiger partial charge in [0.05, 0.1) is 10.7 Å². The number of hydrogen-bond donors (Lipinski definition) is 2. The normalized spacial score (nSPS) is 10.3. The van der Waals surface area contributed by atoms with E-state index in [1.807, 2.05) is 10.9 Å². The van der Waals surface area contributed by atoms with Crippen molar-refractivity contribution < 1.29 is 4.39 Å². The summed E-state index contributed by atoms with van der Waals surface area (Å²) in [6, 6.07) is 6.19. The molecule has 2 rings (SSSR count). The van der Waals surface area contributed by atoms with Gasteiger partial charge in [-0.3, -0.25) is 4.68 Å². The van der Waals surface area contributed by atoms with Crippen LogP contribution in [0.2, 0.25) is 0 Å². The Labute approximate surface area is 130 Å². The summed E-state index contributed by atoms with van der Waals surface area (Å²) < 4.78 is 15.8. The first kappa shape index (κ1) is 14.9. The second-order valence-electron chi connectivity index (χ2n) is 4.17. The third-order valence-corrected chi connectivity index (χ3v) is 3.19. The van der Waals surface area contributed by atoms with Crippen molar-refractivity contribution in [1.82, 2.24) is 15.1 Å². The van der Waals surface area contributed by atoms with E-state index in [0.29, 0.717) is 10.8 Å². The predicted octanol–water partition coefficient (Wildman–Crippen LogP) is 3.16. The lowest BCUT2D eigenvalue weighted by atomic mass is 10.3. The number of halogens is 2. The van der Waals surface area contributed by atoms with E-state index in [-0.39, 0.29) is 5.82 Å². The molecule has 0 saturated heterocycles. The molecule has 0 spiro atoms. The Balaban J connectivity index is 1.67. The molecule has 0 bridgehead atoms. The van der Waals surface area contributed by atoms with Crippen molar-refractivity contribution in [2.45, 2.75) is 13.0 Å². The zero-order valence-electron chi connectivity index (χ0n) is 10.6. The Kier molecular flexibility index (Phi) is 5.49. The van der Waals surface area contributed by atoms with E-state index in [1.54, 1.807) is 18.3 Å². The third-order valence-electron chi connectivity index (χ3n) is 2.53. The number of aromatic nitrogens is 2. The Bertz CT molecular complexity index is 587. The minimum atomic E-state index is -0.290. The molecular formula is C13H14BrFN4S. The number of hydrogen-bond acceptors (Lipinski definition) is 2. The summed E-state index contributed by atoms with van der Waals surface area (Å²) in [6.45, 7) is 1.53. The highest BCUT2D eigenvalue weighted by atomic mass is 79.9. The Morgan fingerprint density at radius 3 is 3.00 bits per heavy atom.